The largest absolute Gasteiger partial charge is 2.00 e. The van der Waals surface area contributed by atoms with Crippen LogP contribution in [0.2, 0.25) is 0 Å². The van der Waals surface area contributed by atoms with E-state index in [9.17, 15) is 0 Å². The third-order valence-corrected chi connectivity index (χ3v) is 0. The van der Waals surface area contributed by atoms with Crippen LogP contribution in [-0.2, 0) is 40.5 Å². The maximum Gasteiger partial charge on any atom is 0 e. The summed E-state index contributed by atoms with van der Waals surface area (Å²) >= 11 is 0. The van der Waals surface area contributed by atoms with Crippen molar-refractivity contribution in [1.29, 1.82) is 0 Å². The molecule has 0 amide bonds. The van der Waals surface area contributed by atoms with Gasteiger partial charge in [-0.2, -0.15) is 0 Å². The number of rotatable bonds is 0. The SMILES string of the molecule is [La].[La].[S-2].[S-2].[S-2]. The second-order valence-corrected chi connectivity index (χ2v) is 0. The van der Waals surface area contributed by atoms with Crippen molar-refractivity contribution < 1.29 is 71.2 Å². The summed E-state index contributed by atoms with van der Waals surface area (Å²) in [6, 6.07) is 0. The molecular weight excluding hydrogens is 374 g/mol. The van der Waals surface area contributed by atoms with Crippen molar-refractivity contribution in [1.82, 2.24) is 0 Å². The Balaban J connectivity index is 0. The molecule has 0 heterocycles. The fourth-order valence-corrected chi connectivity index (χ4v) is 0. The summed E-state index contributed by atoms with van der Waals surface area (Å²) < 4.78 is 0. The van der Waals surface area contributed by atoms with E-state index in [0.29, 0.717) is 0 Å². The molecule has 0 aromatic carbocycles. The Labute approximate surface area is 109 Å². The first-order valence-corrected chi connectivity index (χ1v) is 0. The van der Waals surface area contributed by atoms with Gasteiger partial charge in [0.2, 0.25) is 0 Å². The van der Waals surface area contributed by atoms with Crippen LogP contribution in [0.3, 0.4) is 0 Å². The van der Waals surface area contributed by atoms with Crippen molar-refractivity contribution in [2.75, 3.05) is 0 Å². The Kier molecular flexibility index (Phi) is 206. The quantitative estimate of drug-likeness (QED) is 0.560. The third kappa shape index (κ3) is 18.6. The molecule has 0 rings (SSSR count). The molecule has 2 radical (unpaired) electrons. The molecule has 5 heteroatoms. The van der Waals surface area contributed by atoms with Crippen LogP contribution in [0, 0.1) is 71.2 Å². The molecule has 0 saturated carbocycles. The molecule has 0 unspecified atom stereocenters. The minimum atomic E-state index is 0. The predicted octanol–water partition coefficient (Wildman–Crippen LogP) is -0.00720. The maximum atomic E-state index is 0. The van der Waals surface area contributed by atoms with Crippen molar-refractivity contribution >= 4 is 40.5 Å². The normalized spacial score (nSPS) is 0. The van der Waals surface area contributed by atoms with Gasteiger partial charge >= 0.3 is 0 Å². The molecule has 0 N–H and O–H groups in total. The van der Waals surface area contributed by atoms with E-state index in [0.717, 1.165) is 0 Å². The molecule has 0 fully saturated rings. The second-order valence-electron chi connectivity index (χ2n) is 0. The molecule has 0 nitrogen and oxygen atoms in total. The van der Waals surface area contributed by atoms with Crippen LogP contribution in [0.4, 0.5) is 0 Å². The van der Waals surface area contributed by atoms with E-state index in [2.05, 4.69) is 0 Å². The molecule has 0 aliphatic carbocycles. The van der Waals surface area contributed by atoms with E-state index in [1.54, 1.807) is 0 Å². The molecule has 0 aliphatic heterocycles. The van der Waals surface area contributed by atoms with Crippen molar-refractivity contribution in [3.8, 4) is 0 Å². The fourth-order valence-electron chi connectivity index (χ4n) is 0. The zero-order valence-electron chi connectivity index (χ0n) is 2.38. The van der Waals surface area contributed by atoms with Gasteiger partial charge in [-0.1, -0.05) is 0 Å². The van der Waals surface area contributed by atoms with Gasteiger partial charge in [-0.25, -0.2) is 0 Å². The standard InChI is InChI=1S/2La.3S/q;;3*-2. The Morgan fingerprint density at radius 1 is 0.400 bits per heavy atom. The predicted molar refractivity (Wildman–Crippen MR) is 22.1 cm³/mol. The summed E-state index contributed by atoms with van der Waals surface area (Å²) in [5, 5.41) is 0. The molecule has 0 saturated heterocycles. The summed E-state index contributed by atoms with van der Waals surface area (Å²) in [7, 11) is 0. The zero-order valence-corrected chi connectivity index (χ0v) is 12.1. The summed E-state index contributed by atoms with van der Waals surface area (Å²) in [5.41, 5.74) is 0. The van der Waals surface area contributed by atoms with Gasteiger partial charge in [0.1, 0.15) is 0 Å². The monoisotopic (exact) mass is 374 g/mol. The van der Waals surface area contributed by atoms with Crippen molar-refractivity contribution in [3.63, 3.8) is 0 Å². The van der Waals surface area contributed by atoms with Gasteiger partial charge in [0.25, 0.3) is 0 Å². The van der Waals surface area contributed by atoms with Crippen LogP contribution >= 0.6 is 0 Å². The first-order chi connectivity index (χ1) is 0. The zero-order chi connectivity index (χ0) is 0. The summed E-state index contributed by atoms with van der Waals surface area (Å²) in [5.74, 6) is 0. The smallest absolute Gasteiger partial charge is 0 e. The Morgan fingerprint density at radius 3 is 0.400 bits per heavy atom. The summed E-state index contributed by atoms with van der Waals surface area (Å²) in [4.78, 5) is 0. The van der Waals surface area contributed by atoms with Crippen molar-refractivity contribution in [2.24, 2.45) is 0 Å². The Morgan fingerprint density at radius 2 is 0.400 bits per heavy atom. The molecule has 30 valence electrons. The van der Waals surface area contributed by atoms with Gasteiger partial charge in [-0.15, -0.1) is 0 Å². The van der Waals surface area contributed by atoms with E-state index in [-0.39, 0.29) is 112 Å². The average molecular weight is 374 g/mol. The molecule has 0 aromatic heterocycles. The average Bonchev–Trinajstić information content (AvgIpc) is 0. The molecule has 5 heavy (non-hydrogen) atoms. The van der Waals surface area contributed by atoms with Gasteiger partial charge in [0, 0.05) is 71.2 Å². The third-order valence-electron chi connectivity index (χ3n) is 0. The van der Waals surface area contributed by atoms with E-state index < -0.39 is 0 Å². The van der Waals surface area contributed by atoms with Crippen LogP contribution in [0.25, 0.3) is 0 Å². The Bertz CT molecular complexity index is 4.85. The van der Waals surface area contributed by atoms with Crippen LogP contribution in [-0.4, -0.2) is 0 Å². The first-order valence-electron chi connectivity index (χ1n) is 0. The summed E-state index contributed by atoms with van der Waals surface area (Å²) in [6.45, 7) is 0. The van der Waals surface area contributed by atoms with Crippen molar-refractivity contribution in [2.45, 2.75) is 0 Å². The minimum Gasteiger partial charge on any atom is -2.00 e. The topological polar surface area (TPSA) is 0 Å². The van der Waals surface area contributed by atoms with Crippen molar-refractivity contribution in [3.05, 3.63) is 0 Å². The first kappa shape index (κ1) is 39.5. The second kappa shape index (κ2) is 26.1. The fraction of sp³-hybridized carbons (Fsp3) is 0. The van der Waals surface area contributed by atoms with E-state index in [1.165, 1.54) is 0 Å². The molecule has 0 aromatic rings. The van der Waals surface area contributed by atoms with Crippen LogP contribution in [0.5, 0.6) is 0 Å². The summed E-state index contributed by atoms with van der Waals surface area (Å²) in [6.07, 6.45) is 0. The van der Waals surface area contributed by atoms with Gasteiger partial charge in [0.15, 0.2) is 0 Å². The van der Waals surface area contributed by atoms with E-state index in [4.69, 9.17) is 0 Å². The maximum absolute atomic E-state index is 0. The van der Waals surface area contributed by atoms with Crippen LogP contribution < -0.4 is 0 Å². The number of hydrogen-bond acceptors (Lipinski definition) is 0. The molecular formula is La2S3-6. The van der Waals surface area contributed by atoms with E-state index >= 15 is 0 Å². The minimum absolute atomic E-state index is 0. The van der Waals surface area contributed by atoms with E-state index in [1.807, 2.05) is 0 Å². The van der Waals surface area contributed by atoms with Gasteiger partial charge in [-0.3, -0.25) is 0 Å². The van der Waals surface area contributed by atoms with Gasteiger partial charge in [-0.05, 0) is 0 Å². The number of hydrogen-bond donors (Lipinski definition) is 0. The molecule has 0 aliphatic rings. The molecule has 0 spiro atoms. The van der Waals surface area contributed by atoms with Crippen LogP contribution in [0.1, 0.15) is 0 Å². The molecule has 0 atom stereocenters. The van der Waals surface area contributed by atoms with Crippen LogP contribution in [0.15, 0.2) is 0 Å². The van der Waals surface area contributed by atoms with Gasteiger partial charge in [0.05, 0.1) is 0 Å². The Hall–Kier alpha value is 3.44. The molecule has 0 bridgehead atoms. The van der Waals surface area contributed by atoms with Gasteiger partial charge < -0.3 is 40.5 Å².